The van der Waals surface area contributed by atoms with Crippen molar-refractivity contribution in [3.05, 3.63) is 24.3 Å². The van der Waals surface area contributed by atoms with Crippen LogP contribution in [-0.4, -0.2) is 47.4 Å². The van der Waals surface area contributed by atoms with Gasteiger partial charge in [0, 0.05) is 12.8 Å². The third-order valence-electron chi connectivity index (χ3n) is 15.7. The van der Waals surface area contributed by atoms with Gasteiger partial charge in [-0.15, -0.1) is 0 Å². The highest BCUT2D eigenvalue weighted by Gasteiger charge is 2.18. The molecule has 0 radical (unpaired) electrons. The number of allylic oxidation sites excluding steroid dienone is 3. The molecule has 438 valence electrons. The van der Waals surface area contributed by atoms with Crippen LogP contribution in [0.2, 0.25) is 0 Å². The number of carbonyl (C=O) groups is 2. The second-order valence-corrected chi connectivity index (χ2v) is 23.2. The molecule has 0 bridgehead atoms. The summed E-state index contributed by atoms with van der Waals surface area (Å²) < 4.78 is 5.49. The molecule has 0 rings (SSSR count). The van der Waals surface area contributed by atoms with Gasteiger partial charge in [0.15, 0.2) is 0 Å². The highest BCUT2D eigenvalue weighted by atomic mass is 16.5. The van der Waals surface area contributed by atoms with Crippen molar-refractivity contribution >= 4 is 11.9 Å². The molecular formula is C68H131NO5. The van der Waals surface area contributed by atoms with Crippen molar-refractivity contribution in [1.29, 1.82) is 0 Å². The molecule has 0 aromatic heterocycles. The number of ether oxygens (including phenoxy) is 1. The van der Waals surface area contributed by atoms with Crippen LogP contribution < -0.4 is 5.32 Å². The zero-order valence-corrected chi connectivity index (χ0v) is 50.1. The summed E-state index contributed by atoms with van der Waals surface area (Å²) in [6.07, 6.45) is 79.5. The van der Waals surface area contributed by atoms with E-state index in [0.29, 0.717) is 19.4 Å². The Morgan fingerprint density at radius 2 is 0.635 bits per heavy atom. The zero-order chi connectivity index (χ0) is 53.6. The quantitative estimate of drug-likeness (QED) is 0.0320. The van der Waals surface area contributed by atoms with Crippen molar-refractivity contribution in [2.45, 2.75) is 386 Å². The summed E-state index contributed by atoms with van der Waals surface area (Å²) in [7, 11) is 0. The van der Waals surface area contributed by atoms with Crippen LogP contribution in [0.15, 0.2) is 24.3 Å². The summed E-state index contributed by atoms with van der Waals surface area (Å²) in [5.74, 6) is -0.0500. The molecule has 3 N–H and O–H groups in total. The normalized spacial score (nSPS) is 12.6. The van der Waals surface area contributed by atoms with Gasteiger partial charge < -0.3 is 20.3 Å². The van der Waals surface area contributed by atoms with E-state index in [1.165, 1.54) is 308 Å². The topological polar surface area (TPSA) is 95.9 Å². The van der Waals surface area contributed by atoms with Crippen LogP contribution in [0.1, 0.15) is 373 Å². The molecule has 2 atom stereocenters. The fraction of sp³-hybridized carbons (Fsp3) is 0.912. The molecule has 0 saturated heterocycles. The van der Waals surface area contributed by atoms with Crippen LogP contribution in [0.5, 0.6) is 0 Å². The highest BCUT2D eigenvalue weighted by Crippen LogP contribution is 2.18. The van der Waals surface area contributed by atoms with E-state index in [4.69, 9.17) is 4.74 Å². The molecule has 6 nitrogen and oxygen atoms in total. The summed E-state index contributed by atoms with van der Waals surface area (Å²) in [4.78, 5) is 24.6. The number of hydrogen-bond acceptors (Lipinski definition) is 5. The average molecular weight is 1040 g/mol. The van der Waals surface area contributed by atoms with Crippen LogP contribution in [0.4, 0.5) is 0 Å². The van der Waals surface area contributed by atoms with Crippen LogP contribution in [0.25, 0.3) is 0 Å². The molecular weight excluding hydrogens is 911 g/mol. The molecule has 0 spiro atoms. The van der Waals surface area contributed by atoms with Crippen molar-refractivity contribution in [2.75, 3.05) is 13.2 Å². The number of unbranched alkanes of at least 4 members (excludes halogenated alkanes) is 50. The SMILES string of the molecule is CCCCCCCCCCCCCCCC/C=C/C(O)C(CO)NC(=O)CCCCCCCCCCCC/C=C\CCCCCCCCCCCCCCOC(=O)CCCCCCCCCCCCCCCCC. The average Bonchev–Trinajstić information content (AvgIpc) is 3.40. The lowest BCUT2D eigenvalue weighted by Gasteiger charge is -2.20. The fourth-order valence-electron chi connectivity index (χ4n) is 10.6. The first-order valence-corrected chi connectivity index (χ1v) is 33.6. The van der Waals surface area contributed by atoms with Gasteiger partial charge in [-0.1, -0.05) is 327 Å². The monoisotopic (exact) mass is 1040 g/mol. The second kappa shape index (κ2) is 63.9. The Balaban J connectivity index is 3.40. The van der Waals surface area contributed by atoms with Gasteiger partial charge in [-0.2, -0.15) is 0 Å². The Morgan fingerprint density at radius 3 is 0.959 bits per heavy atom. The van der Waals surface area contributed by atoms with E-state index in [-0.39, 0.29) is 18.5 Å². The number of nitrogens with one attached hydrogen (secondary N) is 1. The summed E-state index contributed by atoms with van der Waals surface area (Å²) in [6, 6.07) is -0.629. The molecule has 0 aromatic carbocycles. The number of amides is 1. The Labute approximate surface area is 462 Å². The molecule has 0 aliphatic rings. The minimum absolute atomic E-state index is 0.0173. The van der Waals surface area contributed by atoms with E-state index in [9.17, 15) is 19.8 Å². The Hall–Kier alpha value is -1.66. The van der Waals surface area contributed by atoms with E-state index in [1.54, 1.807) is 6.08 Å². The Kier molecular flexibility index (Phi) is 62.4. The number of aliphatic hydroxyl groups excluding tert-OH is 2. The minimum atomic E-state index is -0.845. The standard InChI is InChI=1S/C68H131NO5/c1-3-5-7-9-11-13-15-17-19-33-36-40-44-48-52-56-60-66(71)65(64-70)69-67(72)61-57-53-49-45-41-37-34-30-28-26-24-22-20-21-23-25-27-29-31-35-39-43-47-51-55-59-63-74-68(73)62-58-54-50-46-42-38-32-18-16-14-12-10-8-6-4-2/h20,22,56,60,65-66,70-71H,3-19,21,23-55,57-59,61-64H2,1-2H3,(H,69,72)/b22-20-,60-56+. The van der Waals surface area contributed by atoms with Crippen LogP contribution in [-0.2, 0) is 14.3 Å². The van der Waals surface area contributed by atoms with Gasteiger partial charge in [-0.05, 0) is 57.8 Å². The Bertz CT molecular complexity index is 1150. The molecule has 6 heteroatoms. The lowest BCUT2D eigenvalue weighted by atomic mass is 10.0. The number of hydrogen-bond donors (Lipinski definition) is 3. The minimum Gasteiger partial charge on any atom is -0.466 e. The predicted molar refractivity (Wildman–Crippen MR) is 324 cm³/mol. The molecule has 0 fully saturated rings. The maximum absolute atomic E-state index is 12.5. The number of esters is 1. The van der Waals surface area contributed by atoms with E-state index in [2.05, 4.69) is 31.3 Å². The third-order valence-corrected chi connectivity index (χ3v) is 15.7. The second-order valence-electron chi connectivity index (χ2n) is 23.2. The maximum Gasteiger partial charge on any atom is 0.305 e. The van der Waals surface area contributed by atoms with Crippen molar-refractivity contribution in [1.82, 2.24) is 5.32 Å². The molecule has 0 aromatic rings. The first-order chi connectivity index (χ1) is 36.5. The van der Waals surface area contributed by atoms with Gasteiger partial charge in [-0.25, -0.2) is 0 Å². The van der Waals surface area contributed by atoms with Crippen molar-refractivity contribution < 1.29 is 24.5 Å². The van der Waals surface area contributed by atoms with E-state index >= 15 is 0 Å². The van der Waals surface area contributed by atoms with E-state index in [1.807, 2.05) is 6.08 Å². The van der Waals surface area contributed by atoms with Gasteiger partial charge in [0.05, 0.1) is 25.4 Å². The van der Waals surface area contributed by atoms with Gasteiger partial charge in [-0.3, -0.25) is 9.59 Å². The number of rotatable bonds is 63. The fourth-order valence-corrected chi connectivity index (χ4v) is 10.6. The molecule has 74 heavy (non-hydrogen) atoms. The van der Waals surface area contributed by atoms with Crippen molar-refractivity contribution in [2.24, 2.45) is 0 Å². The van der Waals surface area contributed by atoms with E-state index in [0.717, 1.165) is 38.5 Å². The number of aliphatic hydroxyl groups is 2. The van der Waals surface area contributed by atoms with Gasteiger partial charge in [0.2, 0.25) is 5.91 Å². The van der Waals surface area contributed by atoms with Crippen LogP contribution in [0.3, 0.4) is 0 Å². The third kappa shape index (κ3) is 59.6. The molecule has 1 amide bonds. The molecule has 0 saturated carbocycles. The van der Waals surface area contributed by atoms with Gasteiger partial charge >= 0.3 is 5.97 Å². The summed E-state index contributed by atoms with van der Waals surface area (Å²) in [5.41, 5.74) is 0. The lowest BCUT2D eigenvalue weighted by molar-refractivity contribution is -0.143. The predicted octanol–water partition coefficient (Wildman–Crippen LogP) is 21.4. The van der Waals surface area contributed by atoms with Crippen molar-refractivity contribution in [3.8, 4) is 0 Å². The van der Waals surface area contributed by atoms with Gasteiger partial charge in [0.25, 0.3) is 0 Å². The zero-order valence-electron chi connectivity index (χ0n) is 50.1. The molecule has 0 aliphatic carbocycles. The number of carbonyl (C=O) groups excluding carboxylic acids is 2. The lowest BCUT2D eigenvalue weighted by Crippen LogP contribution is -2.45. The van der Waals surface area contributed by atoms with E-state index < -0.39 is 12.1 Å². The molecule has 0 aliphatic heterocycles. The molecule has 0 heterocycles. The summed E-state index contributed by atoms with van der Waals surface area (Å²) >= 11 is 0. The first kappa shape index (κ1) is 72.3. The largest absolute Gasteiger partial charge is 0.466 e. The smallest absolute Gasteiger partial charge is 0.305 e. The van der Waals surface area contributed by atoms with Gasteiger partial charge in [0.1, 0.15) is 0 Å². The highest BCUT2D eigenvalue weighted by molar-refractivity contribution is 5.76. The maximum atomic E-state index is 12.5. The first-order valence-electron chi connectivity index (χ1n) is 33.6. The summed E-state index contributed by atoms with van der Waals surface area (Å²) in [5, 5.41) is 23.2. The van der Waals surface area contributed by atoms with Crippen molar-refractivity contribution in [3.63, 3.8) is 0 Å². The van der Waals surface area contributed by atoms with Crippen LogP contribution in [0, 0.1) is 0 Å². The molecule has 2 unspecified atom stereocenters. The Morgan fingerprint density at radius 1 is 0.365 bits per heavy atom. The van der Waals surface area contributed by atoms with Crippen LogP contribution >= 0.6 is 0 Å². The summed E-state index contributed by atoms with van der Waals surface area (Å²) in [6.45, 7) is 4.93.